The molecular weight excluding hydrogens is 184 g/mol. The Morgan fingerprint density at radius 2 is 2.46 bits per heavy atom. The van der Waals surface area contributed by atoms with Gasteiger partial charge in [-0.15, -0.1) is 11.3 Å². The van der Waals surface area contributed by atoms with Crippen molar-refractivity contribution >= 4 is 11.3 Å². The molecule has 0 radical (unpaired) electrons. The number of aryl methyl sites for hydroxylation is 1. The minimum atomic E-state index is 0.251. The summed E-state index contributed by atoms with van der Waals surface area (Å²) in [7, 11) is 0. The highest BCUT2D eigenvalue weighted by Gasteiger charge is 2.06. The van der Waals surface area contributed by atoms with E-state index in [0.717, 1.165) is 18.0 Å². The van der Waals surface area contributed by atoms with Gasteiger partial charge in [0, 0.05) is 23.7 Å². The van der Waals surface area contributed by atoms with Crippen LogP contribution in [0.1, 0.15) is 29.3 Å². The van der Waals surface area contributed by atoms with Gasteiger partial charge in [0.2, 0.25) is 0 Å². The zero-order chi connectivity index (χ0) is 9.68. The summed E-state index contributed by atoms with van der Waals surface area (Å²) in [6.45, 7) is 5.23. The normalized spacial score (nSPS) is 13.2. The lowest BCUT2D eigenvalue weighted by Crippen LogP contribution is -2.19. The van der Waals surface area contributed by atoms with Gasteiger partial charge in [0.1, 0.15) is 0 Å². The number of aliphatic hydroxyl groups excluding tert-OH is 1. The fourth-order valence-electron chi connectivity index (χ4n) is 1.08. The van der Waals surface area contributed by atoms with E-state index in [9.17, 15) is 0 Å². The van der Waals surface area contributed by atoms with Crippen molar-refractivity contribution in [1.29, 1.82) is 0 Å². The molecule has 2 N–H and O–H groups in total. The average Bonchev–Trinajstić information content (AvgIpc) is 2.52. The maximum atomic E-state index is 8.60. The molecule has 0 aliphatic heterocycles. The van der Waals surface area contributed by atoms with Crippen molar-refractivity contribution in [1.82, 2.24) is 10.3 Å². The molecule has 1 aromatic rings. The highest BCUT2D eigenvalue weighted by Crippen LogP contribution is 2.19. The summed E-state index contributed by atoms with van der Waals surface area (Å²) >= 11 is 1.72. The predicted octanol–water partition coefficient (Wildman–Crippen LogP) is 1.48. The molecule has 0 spiro atoms. The minimum absolute atomic E-state index is 0.251. The van der Waals surface area contributed by atoms with Crippen LogP contribution >= 0.6 is 11.3 Å². The van der Waals surface area contributed by atoms with E-state index >= 15 is 0 Å². The van der Waals surface area contributed by atoms with Gasteiger partial charge in [-0.05, 0) is 26.8 Å². The molecule has 1 heterocycles. The molecule has 1 unspecified atom stereocenters. The van der Waals surface area contributed by atoms with Crippen molar-refractivity contribution in [3.63, 3.8) is 0 Å². The molecule has 0 aromatic carbocycles. The van der Waals surface area contributed by atoms with Gasteiger partial charge in [0.15, 0.2) is 0 Å². The van der Waals surface area contributed by atoms with Crippen LogP contribution in [-0.2, 0) is 0 Å². The second-order valence-corrected chi connectivity index (χ2v) is 4.30. The molecule has 13 heavy (non-hydrogen) atoms. The molecule has 0 saturated heterocycles. The van der Waals surface area contributed by atoms with Gasteiger partial charge >= 0.3 is 0 Å². The lowest BCUT2D eigenvalue weighted by Gasteiger charge is -2.10. The third kappa shape index (κ3) is 3.42. The molecule has 0 saturated carbocycles. The van der Waals surface area contributed by atoms with Crippen LogP contribution in [0.3, 0.4) is 0 Å². The van der Waals surface area contributed by atoms with Crippen LogP contribution in [0, 0.1) is 6.92 Å². The molecule has 74 valence electrons. The molecule has 3 nitrogen and oxygen atoms in total. The zero-order valence-corrected chi connectivity index (χ0v) is 8.90. The van der Waals surface area contributed by atoms with Crippen molar-refractivity contribution in [2.24, 2.45) is 0 Å². The second-order valence-electron chi connectivity index (χ2n) is 3.03. The summed E-state index contributed by atoms with van der Waals surface area (Å²) in [4.78, 5) is 5.45. The monoisotopic (exact) mass is 200 g/mol. The first-order chi connectivity index (χ1) is 6.24. The Balaban J connectivity index is 2.35. The topological polar surface area (TPSA) is 45.2 Å². The number of hydrogen-bond donors (Lipinski definition) is 2. The van der Waals surface area contributed by atoms with Gasteiger partial charge in [0.25, 0.3) is 0 Å². The van der Waals surface area contributed by atoms with Gasteiger partial charge in [-0.25, -0.2) is 4.98 Å². The predicted molar refractivity (Wildman–Crippen MR) is 55.0 cm³/mol. The van der Waals surface area contributed by atoms with Crippen molar-refractivity contribution in [2.75, 3.05) is 13.2 Å². The molecule has 0 fully saturated rings. The number of rotatable bonds is 5. The van der Waals surface area contributed by atoms with E-state index in [1.807, 2.05) is 13.1 Å². The Labute approximate surface area is 82.8 Å². The summed E-state index contributed by atoms with van der Waals surface area (Å²) in [6.07, 6.45) is 2.72. The molecule has 0 aliphatic carbocycles. The number of hydrogen-bond acceptors (Lipinski definition) is 4. The smallest absolute Gasteiger partial charge is 0.0897 e. The highest BCUT2D eigenvalue weighted by molar-refractivity contribution is 7.11. The van der Waals surface area contributed by atoms with E-state index in [-0.39, 0.29) is 6.61 Å². The molecule has 1 aromatic heterocycles. The SMILES string of the molecule is Cc1ncc(C(C)NCCCO)s1. The van der Waals surface area contributed by atoms with Gasteiger partial charge in [-0.3, -0.25) is 0 Å². The lowest BCUT2D eigenvalue weighted by atomic mass is 10.3. The number of aliphatic hydroxyl groups is 1. The van der Waals surface area contributed by atoms with E-state index in [0.29, 0.717) is 6.04 Å². The van der Waals surface area contributed by atoms with E-state index in [1.165, 1.54) is 4.88 Å². The summed E-state index contributed by atoms with van der Waals surface area (Å²) in [5, 5.41) is 13.0. The van der Waals surface area contributed by atoms with Crippen molar-refractivity contribution < 1.29 is 5.11 Å². The van der Waals surface area contributed by atoms with Crippen LogP contribution in [0.5, 0.6) is 0 Å². The van der Waals surface area contributed by atoms with Crippen LogP contribution in [0.4, 0.5) is 0 Å². The largest absolute Gasteiger partial charge is 0.396 e. The van der Waals surface area contributed by atoms with Crippen molar-refractivity contribution in [3.05, 3.63) is 16.1 Å². The Kier molecular flexibility index (Phi) is 4.35. The summed E-state index contributed by atoms with van der Waals surface area (Å²) in [6, 6.07) is 0.345. The van der Waals surface area contributed by atoms with Crippen LogP contribution in [0.25, 0.3) is 0 Å². The third-order valence-electron chi connectivity index (χ3n) is 1.85. The summed E-state index contributed by atoms with van der Waals surface area (Å²) in [5.41, 5.74) is 0. The zero-order valence-electron chi connectivity index (χ0n) is 8.08. The maximum Gasteiger partial charge on any atom is 0.0897 e. The van der Waals surface area contributed by atoms with E-state index in [2.05, 4.69) is 17.2 Å². The number of thiazole rings is 1. The summed E-state index contributed by atoms with van der Waals surface area (Å²) in [5.74, 6) is 0. The molecule has 1 rings (SSSR count). The first-order valence-electron chi connectivity index (χ1n) is 4.50. The van der Waals surface area contributed by atoms with E-state index in [1.54, 1.807) is 11.3 Å². The number of nitrogens with one attached hydrogen (secondary N) is 1. The van der Waals surface area contributed by atoms with Crippen molar-refractivity contribution in [2.45, 2.75) is 26.3 Å². The second kappa shape index (κ2) is 5.32. The molecule has 0 bridgehead atoms. The van der Waals surface area contributed by atoms with Crippen LogP contribution in [-0.4, -0.2) is 23.2 Å². The lowest BCUT2D eigenvalue weighted by molar-refractivity contribution is 0.284. The maximum absolute atomic E-state index is 8.60. The van der Waals surface area contributed by atoms with Gasteiger partial charge in [-0.1, -0.05) is 0 Å². The van der Waals surface area contributed by atoms with E-state index < -0.39 is 0 Å². The first kappa shape index (κ1) is 10.6. The van der Waals surface area contributed by atoms with E-state index in [4.69, 9.17) is 5.11 Å². The first-order valence-corrected chi connectivity index (χ1v) is 5.32. The summed E-state index contributed by atoms with van der Waals surface area (Å²) < 4.78 is 0. The Bertz CT molecular complexity index is 250. The molecule has 0 aliphatic rings. The average molecular weight is 200 g/mol. The molecule has 0 amide bonds. The van der Waals surface area contributed by atoms with Crippen LogP contribution < -0.4 is 5.32 Å². The third-order valence-corrected chi connectivity index (χ3v) is 2.95. The quantitative estimate of drug-likeness (QED) is 0.708. The van der Waals surface area contributed by atoms with Gasteiger partial charge in [0.05, 0.1) is 5.01 Å². The molecular formula is C9H16N2OS. The molecule has 4 heteroatoms. The van der Waals surface area contributed by atoms with Crippen molar-refractivity contribution in [3.8, 4) is 0 Å². The van der Waals surface area contributed by atoms with Crippen LogP contribution in [0.15, 0.2) is 6.20 Å². The van der Waals surface area contributed by atoms with Crippen LogP contribution in [0.2, 0.25) is 0 Å². The van der Waals surface area contributed by atoms with Gasteiger partial charge < -0.3 is 10.4 Å². The fourth-order valence-corrected chi connectivity index (χ4v) is 1.89. The standard InChI is InChI=1S/C9H16N2OS/c1-7(10-4-3-5-12)9-6-11-8(2)13-9/h6-7,10,12H,3-5H2,1-2H3. The highest BCUT2D eigenvalue weighted by atomic mass is 32.1. The van der Waals surface area contributed by atoms with Gasteiger partial charge in [-0.2, -0.15) is 0 Å². The number of nitrogens with zero attached hydrogens (tertiary/aromatic N) is 1. The number of aromatic nitrogens is 1. The molecule has 1 atom stereocenters. The minimum Gasteiger partial charge on any atom is -0.396 e. The Morgan fingerprint density at radius 1 is 1.69 bits per heavy atom. The fraction of sp³-hybridized carbons (Fsp3) is 0.667. The Morgan fingerprint density at radius 3 is 3.00 bits per heavy atom. The Hall–Kier alpha value is -0.450.